The normalized spacial score (nSPS) is 26.8. The fourth-order valence-corrected chi connectivity index (χ4v) is 4.16. The summed E-state index contributed by atoms with van der Waals surface area (Å²) < 4.78 is 66.6. The number of hydrogen-bond donors (Lipinski definition) is 1. The van der Waals surface area contributed by atoms with E-state index in [2.05, 4.69) is 4.72 Å². The van der Waals surface area contributed by atoms with E-state index in [1.54, 1.807) is 0 Å². The van der Waals surface area contributed by atoms with Gasteiger partial charge < -0.3 is 0 Å². The highest BCUT2D eigenvalue weighted by Crippen LogP contribution is 2.31. The Morgan fingerprint density at radius 3 is 2.43 bits per heavy atom. The van der Waals surface area contributed by atoms with Crippen molar-refractivity contribution in [2.75, 3.05) is 0 Å². The van der Waals surface area contributed by atoms with Crippen LogP contribution in [0.4, 0.5) is 13.2 Å². The Hall–Kier alpha value is -1.08. The number of rotatable bonds is 3. The van der Waals surface area contributed by atoms with E-state index in [1.165, 1.54) is 0 Å². The molecule has 3 nitrogen and oxygen atoms in total. The molecule has 1 N–H and O–H groups in total. The summed E-state index contributed by atoms with van der Waals surface area (Å²) >= 11 is 0. The van der Waals surface area contributed by atoms with E-state index in [0.29, 0.717) is 18.4 Å². The SMILES string of the molecule is C[C@@H]1[C@H](C)CCC[C@@H]1NS(=O)(=O)c1ccc(F)c(F)c1F. The van der Waals surface area contributed by atoms with E-state index in [-0.39, 0.29) is 12.0 Å². The van der Waals surface area contributed by atoms with Gasteiger partial charge in [0, 0.05) is 6.04 Å². The molecule has 0 unspecified atom stereocenters. The van der Waals surface area contributed by atoms with Gasteiger partial charge in [0.05, 0.1) is 0 Å². The van der Waals surface area contributed by atoms with Crippen LogP contribution < -0.4 is 4.72 Å². The molecule has 0 spiro atoms. The summed E-state index contributed by atoms with van der Waals surface area (Å²) in [6, 6.07) is 1.03. The number of benzene rings is 1. The molecule has 3 atom stereocenters. The van der Waals surface area contributed by atoms with Crippen LogP contribution in [0.2, 0.25) is 0 Å². The van der Waals surface area contributed by atoms with Gasteiger partial charge in [-0.25, -0.2) is 26.3 Å². The Balaban J connectivity index is 2.29. The summed E-state index contributed by atoms with van der Waals surface area (Å²) in [7, 11) is -4.22. The standard InChI is InChI=1S/C14H18F3NO2S/c1-8-4-3-5-11(9(8)2)18-21(19,20)12-7-6-10(15)13(16)14(12)17/h6-9,11,18H,3-5H2,1-2H3/t8-,9-,11+/m1/s1. The molecule has 1 aromatic carbocycles. The highest BCUT2D eigenvalue weighted by molar-refractivity contribution is 7.89. The van der Waals surface area contributed by atoms with Crippen LogP contribution in [0.3, 0.4) is 0 Å². The third-order valence-corrected chi connectivity index (χ3v) is 5.81. The molecule has 0 aliphatic heterocycles. The minimum absolute atomic E-state index is 0.0990. The average Bonchev–Trinajstić information content (AvgIpc) is 2.41. The predicted molar refractivity (Wildman–Crippen MR) is 72.6 cm³/mol. The second-order valence-electron chi connectivity index (χ2n) is 5.67. The fraction of sp³-hybridized carbons (Fsp3) is 0.571. The molecule has 0 bridgehead atoms. The molecule has 2 rings (SSSR count). The zero-order valence-corrected chi connectivity index (χ0v) is 12.7. The van der Waals surface area contributed by atoms with Crippen molar-refractivity contribution in [2.24, 2.45) is 11.8 Å². The molecule has 7 heteroatoms. The minimum Gasteiger partial charge on any atom is -0.208 e. The smallest absolute Gasteiger partial charge is 0.208 e. The van der Waals surface area contributed by atoms with Gasteiger partial charge in [-0.05, 0) is 30.4 Å². The van der Waals surface area contributed by atoms with Crippen LogP contribution in [-0.4, -0.2) is 14.5 Å². The third-order valence-electron chi connectivity index (χ3n) is 4.30. The molecule has 21 heavy (non-hydrogen) atoms. The van der Waals surface area contributed by atoms with E-state index in [1.807, 2.05) is 13.8 Å². The molecule has 1 fully saturated rings. The molecule has 0 radical (unpaired) electrons. The van der Waals surface area contributed by atoms with Crippen molar-refractivity contribution in [1.29, 1.82) is 0 Å². The van der Waals surface area contributed by atoms with Crippen molar-refractivity contribution in [3.8, 4) is 0 Å². The van der Waals surface area contributed by atoms with Gasteiger partial charge in [-0.3, -0.25) is 0 Å². The van der Waals surface area contributed by atoms with Crippen molar-refractivity contribution in [2.45, 2.75) is 44.0 Å². The van der Waals surface area contributed by atoms with Gasteiger partial charge >= 0.3 is 0 Å². The minimum atomic E-state index is -4.22. The van der Waals surface area contributed by atoms with Crippen LogP contribution in [0.15, 0.2) is 17.0 Å². The molecule has 1 aliphatic rings. The van der Waals surface area contributed by atoms with Crippen LogP contribution in [0.5, 0.6) is 0 Å². The van der Waals surface area contributed by atoms with Gasteiger partial charge in [-0.15, -0.1) is 0 Å². The highest BCUT2D eigenvalue weighted by atomic mass is 32.2. The van der Waals surface area contributed by atoms with Crippen LogP contribution in [0, 0.1) is 29.3 Å². The molecule has 0 saturated heterocycles. The summed E-state index contributed by atoms with van der Waals surface area (Å²) in [4.78, 5) is -0.855. The second kappa shape index (κ2) is 5.96. The van der Waals surface area contributed by atoms with E-state index in [0.717, 1.165) is 18.9 Å². The average molecular weight is 321 g/mol. The molecule has 0 aromatic heterocycles. The highest BCUT2D eigenvalue weighted by Gasteiger charge is 2.32. The van der Waals surface area contributed by atoms with Crippen LogP contribution in [-0.2, 0) is 10.0 Å². The summed E-state index contributed by atoms with van der Waals surface area (Å²) in [6.07, 6.45) is 2.54. The Kier molecular flexibility index (Phi) is 4.63. The van der Waals surface area contributed by atoms with Gasteiger partial charge in [0.15, 0.2) is 17.5 Å². The van der Waals surface area contributed by atoms with Crippen LogP contribution >= 0.6 is 0 Å². The Bertz CT molecular complexity index is 633. The van der Waals surface area contributed by atoms with Crippen molar-refractivity contribution in [1.82, 2.24) is 4.72 Å². The largest absolute Gasteiger partial charge is 0.243 e. The van der Waals surface area contributed by atoms with Crippen LogP contribution in [0.1, 0.15) is 33.1 Å². The van der Waals surface area contributed by atoms with E-state index in [9.17, 15) is 21.6 Å². The van der Waals surface area contributed by atoms with Gasteiger partial charge in [0.25, 0.3) is 0 Å². The Morgan fingerprint density at radius 2 is 1.76 bits per heavy atom. The summed E-state index contributed by atoms with van der Waals surface area (Å²) in [5.74, 6) is -4.42. The zero-order valence-electron chi connectivity index (χ0n) is 11.9. The van der Waals surface area contributed by atoms with Gasteiger partial charge in [0.2, 0.25) is 10.0 Å². The van der Waals surface area contributed by atoms with E-state index < -0.39 is 32.4 Å². The van der Waals surface area contributed by atoms with Crippen LogP contribution in [0.25, 0.3) is 0 Å². The molecule has 0 heterocycles. The lowest BCUT2D eigenvalue weighted by Gasteiger charge is -2.34. The van der Waals surface area contributed by atoms with Crippen molar-refractivity contribution in [3.63, 3.8) is 0 Å². The lowest BCUT2D eigenvalue weighted by Crippen LogP contribution is -2.43. The Labute approximate surface area is 122 Å². The molecular formula is C14H18F3NO2S. The third kappa shape index (κ3) is 3.23. The predicted octanol–water partition coefficient (Wildman–Crippen LogP) is 3.21. The maximum Gasteiger partial charge on any atom is 0.243 e. The lowest BCUT2D eigenvalue weighted by atomic mass is 9.78. The molecule has 0 amide bonds. The number of hydrogen-bond acceptors (Lipinski definition) is 2. The van der Waals surface area contributed by atoms with Crippen molar-refractivity contribution >= 4 is 10.0 Å². The van der Waals surface area contributed by atoms with Crippen molar-refractivity contribution in [3.05, 3.63) is 29.6 Å². The maximum absolute atomic E-state index is 13.7. The molecule has 1 aliphatic carbocycles. The number of sulfonamides is 1. The maximum atomic E-state index is 13.7. The van der Waals surface area contributed by atoms with E-state index >= 15 is 0 Å². The van der Waals surface area contributed by atoms with Crippen molar-refractivity contribution < 1.29 is 21.6 Å². The second-order valence-corrected chi connectivity index (χ2v) is 7.35. The van der Waals surface area contributed by atoms with Gasteiger partial charge in [0.1, 0.15) is 4.90 Å². The van der Waals surface area contributed by atoms with Gasteiger partial charge in [-0.1, -0.05) is 26.7 Å². The summed E-state index contributed by atoms with van der Waals surface area (Å²) in [5, 5.41) is 0. The zero-order chi connectivity index (χ0) is 15.8. The Morgan fingerprint density at radius 1 is 1.10 bits per heavy atom. The monoisotopic (exact) mass is 321 g/mol. The molecule has 1 aromatic rings. The fourth-order valence-electron chi connectivity index (χ4n) is 2.73. The first-order chi connectivity index (χ1) is 9.74. The first kappa shape index (κ1) is 16.3. The molecular weight excluding hydrogens is 303 g/mol. The molecule has 118 valence electrons. The number of nitrogens with one attached hydrogen (secondary N) is 1. The lowest BCUT2D eigenvalue weighted by molar-refractivity contribution is 0.226. The number of halogens is 3. The summed E-state index contributed by atoms with van der Waals surface area (Å²) in [5.41, 5.74) is 0. The topological polar surface area (TPSA) is 46.2 Å². The summed E-state index contributed by atoms with van der Waals surface area (Å²) in [6.45, 7) is 3.96. The quantitative estimate of drug-likeness (QED) is 0.869. The molecule has 1 saturated carbocycles. The van der Waals surface area contributed by atoms with E-state index in [4.69, 9.17) is 0 Å². The first-order valence-electron chi connectivity index (χ1n) is 6.90. The first-order valence-corrected chi connectivity index (χ1v) is 8.38. The van der Waals surface area contributed by atoms with Gasteiger partial charge in [-0.2, -0.15) is 0 Å².